The van der Waals surface area contributed by atoms with E-state index in [4.69, 9.17) is 14.2 Å². The van der Waals surface area contributed by atoms with Crippen molar-refractivity contribution in [1.29, 1.82) is 0 Å². The summed E-state index contributed by atoms with van der Waals surface area (Å²) in [5, 5.41) is 9.23. The zero-order valence-electron chi connectivity index (χ0n) is 11.0. The van der Waals surface area contributed by atoms with Crippen LogP contribution in [0.4, 0.5) is 0 Å². The van der Waals surface area contributed by atoms with Gasteiger partial charge in [-0.1, -0.05) is 6.07 Å². The molecule has 1 saturated heterocycles. The Labute approximate surface area is 112 Å². The van der Waals surface area contributed by atoms with Crippen molar-refractivity contribution < 1.29 is 19.3 Å². The Morgan fingerprint density at radius 1 is 1.26 bits per heavy atom. The number of aliphatic hydroxyl groups is 1. The Hall–Kier alpha value is -1.30. The first-order valence-corrected chi connectivity index (χ1v) is 6.62. The molecule has 1 aromatic carbocycles. The second-order valence-corrected chi connectivity index (χ2v) is 5.13. The Morgan fingerprint density at radius 3 is 2.95 bits per heavy atom. The van der Waals surface area contributed by atoms with Gasteiger partial charge in [-0.15, -0.1) is 0 Å². The first-order valence-electron chi connectivity index (χ1n) is 6.62. The van der Waals surface area contributed by atoms with Gasteiger partial charge in [-0.3, -0.25) is 4.90 Å². The molecule has 0 bridgehead atoms. The van der Waals surface area contributed by atoms with Crippen LogP contribution in [0.1, 0.15) is 12.5 Å². The predicted molar refractivity (Wildman–Crippen MR) is 69.3 cm³/mol. The average Bonchev–Trinajstić information content (AvgIpc) is 2.85. The molecule has 5 nitrogen and oxygen atoms in total. The summed E-state index contributed by atoms with van der Waals surface area (Å²) < 4.78 is 16.3. The minimum absolute atomic E-state index is 0.0714. The summed E-state index contributed by atoms with van der Waals surface area (Å²) in [5.74, 6) is 1.63. The summed E-state index contributed by atoms with van der Waals surface area (Å²) in [6.07, 6.45) is 0.0673. The zero-order valence-corrected chi connectivity index (χ0v) is 11.0. The van der Waals surface area contributed by atoms with E-state index in [-0.39, 0.29) is 18.8 Å². The molecule has 2 aliphatic heterocycles. The van der Waals surface area contributed by atoms with Crippen molar-refractivity contribution in [1.82, 2.24) is 4.90 Å². The van der Waals surface area contributed by atoms with Crippen LogP contribution < -0.4 is 9.47 Å². The molecule has 104 valence electrons. The molecule has 2 aliphatic rings. The number of aliphatic hydroxyl groups excluding tert-OH is 1. The lowest BCUT2D eigenvalue weighted by Crippen LogP contribution is -2.47. The van der Waals surface area contributed by atoms with Gasteiger partial charge in [0.15, 0.2) is 11.5 Å². The summed E-state index contributed by atoms with van der Waals surface area (Å²) in [6, 6.07) is 6.03. The summed E-state index contributed by atoms with van der Waals surface area (Å²) in [4.78, 5) is 2.30. The zero-order chi connectivity index (χ0) is 13.2. The lowest BCUT2D eigenvalue weighted by Gasteiger charge is -2.36. The highest BCUT2D eigenvalue weighted by molar-refractivity contribution is 5.44. The van der Waals surface area contributed by atoms with E-state index in [0.717, 1.165) is 31.1 Å². The highest BCUT2D eigenvalue weighted by Crippen LogP contribution is 2.33. The van der Waals surface area contributed by atoms with Crippen LogP contribution in [0.2, 0.25) is 0 Å². The van der Waals surface area contributed by atoms with Crippen molar-refractivity contribution in [3.63, 3.8) is 0 Å². The topological polar surface area (TPSA) is 51.2 Å². The van der Waals surface area contributed by atoms with Gasteiger partial charge in [0.25, 0.3) is 0 Å². The summed E-state index contributed by atoms with van der Waals surface area (Å²) in [6.45, 7) is 4.89. The maximum Gasteiger partial charge on any atom is 0.231 e. The minimum Gasteiger partial charge on any atom is -0.454 e. The number of rotatable bonds is 3. The van der Waals surface area contributed by atoms with Crippen molar-refractivity contribution in [2.24, 2.45) is 0 Å². The highest BCUT2D eigenvalue weighted by atomic mass is 16.7. The van der Waals surface area contributed by atoms with Crippen molar-refractivity contribution in [2.75, 3.05) is 26.5 Å². The molecule has 2 heterocycles. The molecule has 1 aromatic rings. The molecule has 0 spiro atoms. The predicted octanol–water partition coefficient (Wildman–Crippen LogP) is 0.997. The van der Waals surface area contributed by atoms with Crippen LogP contribution in [0.15, 0.2) is 18.2 Å². The van der Waals surface area contributed by atoms with Gasteiger partial charge in [0.05, 0.1) is 18.8 Å². The van der Waals surface area contributed by atoms with Crippen LogP contribution in [0.3, 0.4) is 0 Å². The number of morpholine rings is 1. The fourth-order valence-corrected chi connectivity index (χ4v) is 2.67. The molecule has 5 heteroatoms. The fraction of sp³-hybridized carbons (Fsp3) is 0.571. The standard InChI is InChI=1S/C14H19NO4/c1-10-5-15(7-12(8-16)19-10)6-11-2-3-13-14(4-11)18-9-17-13/h2-4,10,12,16H,5-9H2,1H3. The number of hydrogen-bond donors (Lipinski definition) is 1. The van der Waals surface area contributed by atoms with Crippen LogP contribution >= 0.6 is 0 Å². The smallest absolute Gasteiger partial charge is 0.231 e. The van der Waals surface area contributed by atoms with Gasteiger partial charge in [-0.2, -0.15) is 0 Å². The lowest BCUT2D eigenvalue weighted by molar-refractivity contribution is -0.0972. The van der Waals surface area contributed by atoms with Gasteiger partial charge in [0.2, 0.25) is 6.79 Å². The van der Waals surface area contributed by atoms with E-state index in [2.05, 4.69) is 11.0 Å². The third kappa shape index (κ3) is 2.83. The summed E-state index contributed by atoms with van der Waals surface area (Å²) in [7, 11) is 0. The Bertz CT molecular complexity index is 451. The molecule has 0 radical (unpaired) electrons. The molecule has 1 fully saturated rings. The molecular weight excluding hydrogens is 246 g/mol. The average molecular weight is 265 g/mol. The molecule has 1 N–H and O–H groups in total. The first-order chi connectivity index (χ1) is 9.24. The van der Waals surface area contributed by atoms with E-state index in [9.17, 15) is 5.11 Å². The Balaban J connectivity index is 1.67. The van der Waals surface area contributed by atoms with Gasteiger partial charge in [0, 0.05) is 19.6 Å². The summed E-state index contributed by atoms with van der Waals surface area (Å²) in [5.41, 5.74) is 1.19. The number of hydrogen-bond acceptors (Lipinski definition) is 5. The molecule has 3 rings (SSSR count). The molecule has 0 amide bonds. The SMILES string of the molecule is CC1CN(Cc2ccc3c(c2)OCO3)CC(CO)O1. The number of nitrogens with zero attached hydrogens (tertiary/aromatic N) is 1. The van der Waals surface area contributed by atoms with E-state index < -0.39 is 0 Å². The van der Waals surface area contributed by atoms with Gasteiger partial charge in [0.1, 0.15) is 0 Å². The quantitative estimate of drug-likeness (QED) is 0.883. The van der Waals surface area contributed by atoms with E-state index in [1.807, 2.05) is 19.1 Å². The molecule has 0 saturated carbocycles. The minimum atomic E-state index is -0.0854. The van der Waals surface area contributed by atoms with Crippen LogP contribution in [0.5, 0.6) is 11.5 Å². The van der Waals surface area contributed by atoms with E-state index >= 15 is 0 Å². The van der Waals surface area contributed by atoms with E-state index in [1.54, 1.807) is 0 Å². The molecule has 0 aliphatic carbocycles. The van der Waals surface area contributed by atoms with Crippen molar-refractivity contribution >= 4 is 0 Å². The number of benzene rings is 1. The van der Waals surface area contributed by atoms with Crippen LogP contribution in [-0.4, -0.2) is 48.7 Å². The second-order valence-electron chi connectivity index (χ2n) is 5.13. The maximum atomic E-state index is 9.23. The molecule has 2 unspecified atom stereocenters. The number of ether oxygens (including phenoxy) is 3. The van der Waals surface area contributed by atoms with Crippen LogP contribution in [0.25, 0.3) is 0 Å². The molecule has 19 heavy (non-hydrogen) atoms. The molecule has 2 atom stereocenters. The van der Waals surface area contributed by atoms with Gasteiger partial charge >= 0.3 is 0 Å². The lowest BCUT2D eigenvalue weighted by atomic mass is 10.1. The Kier molecular flexibility index (Phi) is 3.59. The van der Waals surface area contributed by atoms with Crippen molar-refractivity contribution in [3.8, 4) is 11.5 Å². The molecule has 0 aromatic heterocycles. The van der Waals surface area contributed by atoms with Crippen molar-refractivity contribution in [3.05, 3.63) is 23.8 Å². The summed E-state index contributed by atoms with van der Waals surface area (Å²) >= 11 is 0. The van der Waals surface area contributed by atoms with Gasteiger partial charge in [-0.25, -0.2) is 0 Å². The van der Waals surface area contributed by atoms with E-state index in [0.29, 0.717) is 6.79 Å². The second kappa shape index (κ2) is 5.36. The maximum absolute atomic E-state index is 9.23. The molecular formula is C14H19NO4. The normalized spacial score (nSPS) is 26.6. The van der Waals surface area contributed by atoms with Gasteiger partial charge in [-0.05, 0) is 24.6 Å². The fourth-order valence-electron chi connectivity index (χ4n) is 2.67. The van der Waals surface area contributed by atoms with Crippen molar-refractivity contribution in [2.45, 2.75) is 25.7 Å². The first kappa shape index (κ1) is 12.7. The van der Waals surface area contributed by atoms with Crippen LogP contribution in [-0.2, 0) is 11.3 Å². The van der Waals surface area contributed by atoms with E-state index in [1.165, 1.54) is 5.56 Å². The number of fused-ring (bicyclic) bond motifs is 1. The largest absolute Gasteiger partial charge is 0.454 e. The monoisotopic (exact) mass is 265 g/mol. The highest BCUT2D eigenvalue weighted by Gasteiger charge is 2.25. The van der Waals surface area contributed by atoms with Crippen LogP contribution in [0, 0.1) is 0 Å². The Morgan fingerprint density at radius 2 is 2.11 bits per heavy atom. The third-order valence-electron chi connectivity index (χ3n) is 3.45. The van der Waals surface area contributed by atoms with Gasteiger partial charge < -0.3 is 19.3 Å². The third-order valence-corrected chi connectivity index (χ3v) is 3.45.